The van der Waals surface area contributed by atoms with Crippen LogP contribution in [0.4, 0.5) is 0 Å². The van der Waals surface area contributed by atoms with Gasteiger partial charge in [-0.15, -0.1) is 0 Å². The highest BCUT2D eigenvalue weighted by molar-refractivity contribution is 5.73. The van der Waals surface area contributed by atoms with Gasteiger partial charge >= 0.3 is 6.15 Å². The molecule has 1 amide bonds. The SMILES string of the molecule is C=C(CCCCCc1ccc(C)cc1)c1ccc(C(C)(C)CCC)cc1.CCCOCCCC(N)=O.O.O=C=O. The van der Waals surface area contributed by atoms with E-state index in [1.807, 2.05) is 6.92 Å². The van der Waals surface area contributed by atoms with Crippen molar-refractivity contribution >= 4 is 17.6 Å². The van der Waals surface area contributed by atoms with Crippen LogP contribution in [0, 0.1) is 6.92 Å². The number of amides is 1. The Bertz CT molecular complexity index is 959. The number of allylic oxidation sites excluding steroid dienone is 1. The molecule has 0 fully saturated rings. The van der Waals surface area contributed by atoms with E-state index in [9.17, 15) is 4.79 Å². The molecule has 0 saturated heterocycles. The predicted octanol–water partition coefficient (Wildman–Crippen LogP) is 7.16. The van der Waals surface area contributed by atoms with E-state index in [-0.39, 0.29) is 22.9 Å². The zero-order chi connectivity index (χ0) is 29.5. The third-order valence-electron chi connectivity index (χ3n) is 6.57. The molecule has 0 atom stereocenters. The maximum atomic E-state index is 10.2. The fraction of sp³-hybridized carbons (Fsp3) is 0.529. The van der Waals surface area contributed by atoms with Crippen LogP contribution in [-0.4, -0.2) is 30.7 Å². The Balaban J connectivity index is 0. The normalized spacial score (nSPS) is 10.1. The van der Waals surface area contributed by atoms with Gasteiger partial charge in [-0.25, -0.2) is 0 Å². The molecule has 0 aliphatic heterocycles. The fourth-order valence-electron chi connectivity index (χ4n) is 4.26. The molecule has 0 aliphatic carbocycles. The molecule has 0 spiro atoms. The van der Waals surface area contributed by atoms with Crippen LogP contribution in [0.5, 0.6) is 0 Å². The first kappa shape index (κ1) is 39.1. The zero-order valence-corrected chi connectivity index (χ0v) is 25.5. The van der Waals surface area contributed by atoms with Crippen molar-refractivity contribution in [3.05, 3.63) is 77.4 Å². The number of ether oxygens (including phenoxy) is 1. The molecule has 0 heterocycles. The van der Waals surface area contributed by atoms with Crippen molar-refractivity contribution in [2.75, 3.05) is 13.2 Å². The minimum atomic E-state index is -0.250. The first-order valence-electron chi connectivity index (χ1n) is 14.3. The van der Waals surface area contributed by atoms with Crippen molar-refractivity contribution in [2.24, 2.45) is 5.73 Å². The Morgan fingerprint density at radius 1 is 0.875 bits per heavy atom. The second-order valence-electron chi connectivity index (χ2n) is 10.6. The Hall–Kier alpha value is -3.05. The topological polar surface area (TPSA) is 118 Å². The molecule has 6 nitrogen and oxygen atoms in total. The van der Waals surface area contributed by atoms with E-state index in [1.54, 1.807) is 0 Å². The quantitative estimate of drug-likeness (QED) is 0.221. The molecule has 40 heavy (non-hydrogen) atoms. The average Bonchev–Trinajstić information content (AvgIpc) is 2.90. The molecular formula is C34H53NO5. The van der Waals surface area contributed by atoms with Gasteiger partial charge in [-0.3, -0.25) is 4.79 Å². The first-order valence-corrected chi connectivity index (χ1v) is 14.3. The largest absolute Gasteiger partial charge is 0.412 e. The maximum Gasteiger partial charge on any atom is 0.373 e. The van der Waals surface area contributed by atoms with Gasteiger partial charge < -0.3 is 15.9 Å². The third-order valence-corrected chi connectivity index (χ3v) is 6.57. The summed E-state index contributed by atoms with van der Waals surface area (Å²) in [6, 6.07) is 18.1. The van der Waals surface area contributed by atoms with Crippen LogP contribution in [0.25, 0.3) is 5.57 Å². The molecule has 6 heteroatoms. The lowest BCUT2D eigenvalue weighted by Crippen LogP contribution is -2.16. The minimum Gasteiger partial charge on any atom is -0.412 e. The Kier molecular flexibility index (Phi) is 23.3. The summed E-state index contributed by atoms with van der Waals surface area (Å²) in [5, 5.41) is 0. The number of primary amides is 1. The van der Waals surface area contributed by atoms with Crippen LogP contribution in [0.1, 0.15) is 108 Å². The maximum absolute atomic E-state index is 10.2. The number of carbonyl (C=O) groups is 1. The molecule has 0 bridgehead atoms. The molecule has 0 aromatic heterocycles. The van der Waals surface area contributed by atoms with Crippen molar-refractivity contribution in [1.29, 1.82) is 0 Å². The van der Waals surface area contributed by atoms with E-state index in [0.717, 1.165) is 25.9 Å². The zero-order valence-electron chi connectivity index (χ0n) is 25.5. The second kappa shape index (κ2) is 23.8. The summed E-state index contributed by atoms with van der Waals surface area (Å²) in [5.41, 5.74) is 12.0. The van der Waals surface area contributed by atoms with E-state index in [4.69, 9.17) is 20.1 Å². The van der Waals surface area contributed by atoms with Gasteiger partial charge in [-0.2, -0.15) is 9.59 Å². The van der Waals surface area contributed by atoms with Crippen LogP contribution in [-0.2, 0) is 31.0 Å². The van der Waals surface area contributed by atoms with Gasteiger partial charge in [0.2, 0.25) is 5.91 Å². The number of benzene rings is 2. The van der Waals surface area contributed by atoms with Gasteiger partial charge in [-0.05, 0) is 79.5 Å². The third kappa shape index (κ3) is 19.1. The molecule has 224 valence electrons. The van der Waals surface area contributed by atoms with Crippen molar-refractivity contribution in [3.8, 4) is 0 Å². The number of hydrogen-bond acceptors (Lipinski definition) is 4. The number of carbonyl (C=O) groups excluding carboxylic acids is 3. The molecule has 2 rings (SSSR count). The minimum absolute atomic E-state index is 0. The molecule has 0 radical (unpaired) electrons. The summed E-state index contributed by atoms with van der Waals surface area (Å²) in [6.07, 6.45) is 11.0. The van der Waals surface area contributed by atoms with Crippen molar-refractivity contribution < 1.29 is 24.6 Å². The lowest BCUT2D eigenvalue weighted by molar-refractivity contribution is -0.191. The number of nitrogens with two attached hydrogens (primary N) is 1. The van der Waals surface area contributed by atoms with Gasteiger partial charge in [0.1, 0.15) is 0 Å². The number of aryl methyl sites for hydroxylation is 2. The molecule has 2 aromatic carbocycles. The van der Waals surface area contributed by atoms with E-state index in [0.29, 0.717) is 13.0 Å². The van der Waals surface area contributed by atoms with E-state index in [2.05, 4.69) is 82.8 Å². The smallest absolute Gasteiger partial charge is 0.373 e. The number of unbranched alkanes of at least 4 members (excludes halogenated alkanes) is 2. The summed E-state index contributed by atoms with van der Waals surface area (Å²) >= 11 is 0. The van der Waals surface area contributed by atoms with Crippen LogP contribution in [0.15, 0.2) is 55.1 Å². The highest BCUT2D eigenvalue weighted by Crippen LogP contribution is 2.30. The summed E-state index contributed by atoms with van der Waals surface area (Å²) in [7, 11) is 0. The van der Waals surface area contributed by atoms with Gasteiger partial charge in [0.25, 0.3) is 0 Å². The predicted molar refractivity (Wildman–Crippen MR) is 165 cm³/mol. The van der Waals surface area contributed by atoms with Crippen molar-refractivity contribution in [3.63, 3.8) is 0 Å². The Morgan fingerprint density at radius 3 is 2.00 bits per heavy atom. The second-order valence-corrected chi connectivity index (χ2v) is 10.6. The Morgan fingerprint density at radius 2 is 1.48 bits per heavy atom. The standard InChI is InChI=1S/C26H36.C7H15NO2.CO2.H2O/c1-6-20-26(4,5)25-18-16-24(17-19-25)22(3)10-8-7-9-11-23-14-12-21(2)13-15-23;1-2-5-10-6-3-4-7(8)9;2-1-3;/h12-19H,3,6-11,20H2,1-2,4-5H3;2-6H2,1H3,(H2,8,9);;1H2. The van der Waals surface area contributed by atoms with Crippen LogP contribution in [0.2, 0.25) is 0 Å². The summed E-state index contributed by atoms with van der Waals surface area (Å²) in [6.45, 7) is 16.9. The van der Waals surface area contributed by atoms with Gasteiger partial charge in [-0.1, -0.05) is 101 Å². The lowest BCUT2D eigenvalue weighted by atomic mass is 9.80. The summed E-state index contributed by atoms with van der Waals surface area (Å²) in [4.78, 5) is 26.4. The number of rotatable bonds is 16. The molecule has 0 unspecified atom stereocenters. The van der Waals surface area contributed by atoms with Gasteiger partial charge in [0.15, 0.2) is 0 Å². The summed E-state index contributed by atoms with van der Waals surface area (Å²) < 4.78 is 5.13. The van der Waals surface area contributed by atoms with Crippen molar-refractivity contribution in [1.82, 2.24) is 0 Å². The summed E-state index contributed by atoms with van der Waals surface area (Å²) in [5.74, 6) is -0.250. The molecular weight excluding hydrogens is 502 g/mol. The average molecular weight is 556 g/mol. The first-order chi connectivity index (χ1) is 18.6. The molecule has 4 N–H and O–H groups in total. The fourth-order valence-corrected chi connectivity index (χ4v) is 4.26. The highest BCUT2D eigenvalue weighted by atomic mass is 16.5. The van der Waals surface area contributed by atoms with E-state index >= 15 is 0 Å². The van der Waals surface area contributed by atoms with Crippen LogP contribution in [0.3, 0.4) is 0 Å². The monoisotopic (exact) mass is 555 g/mol. The van der Waals surface area contributed by atoms with E-state index in [1.165, 1.54) is 66.4 Å². The van der Waals surface area contributed by atoms with Crippen LogP contribution < -0.4 is 5.73 Å². The number of hydrogen-bond donors (Lipinski definition) is 1. The lowest BCUT2D eigenvalue weighted by Gasteiger charge is -2.25. The van der Waals surface area contributed by atoms with Gasteiger partial charge in [0.05, 0.1) is 0 Å². The molecule has 0 saturated carbocycles. The van der Waals surface area contributed by atoms with Crippen LogP contribution >= 0.6 is 0 Å². The van der Waals surface area contributed by atoms with Gasteiger partial charge in [0, 0.05) is 19.6 Å². The molecule has 0 aliphatic rings. The molecule has 2 aromatic rings. The van der Waals surface area contributed by atoms with Crippen molar-refractivity contribution in [2.45, 2.75) is 104 Å². The van der Waals surface area contributed by atoms with E-state index < -0.39 is 0 Å². The highest BCUT2D eigenvalue weighted by Gasteiger charge is 2.19. The Labute approximate surface area is 242 Å².